The number of para-hydroxylation sites is 1. The molecule has 0 atom stereocenters. The lowest BCUT2D eigenvalue weighted by Crippen LogP contribution is -2.21. The van der Waals surface area contributed by atoms with Crippen LogP contribution in [0.5, 0.6) is 5.75 Å². The zero-order chi connectivity index (χ0) is 20.9. The Hall–Kier alpha value is -3.13. The van der Waals surface area contributed by atoms with Crippen molar-refractivity contribution in [1.29, 1.82) is 0 Å². The number of carbonyl (C=O) groups is 2. The molecule has 148 valence electrons. The van der Waals surface area contributed by atoms with Crippen LogP contribution in [-0.2, 0) is 4.74 Å². The van der Waals surface area contributed by atoms with Crippen molar-refractivity contribution >= 4 is 35.0 Å². The van der Waals surface area contributed by atoms with Crippen LogP contribution < -0.4 is 10.1 Å². The van der Waals surface area contributed by atoms with E-state index < -0.39 is 17.0 Å². The first kappa shape index (κ1) is 21.2. The third-order valence-electron chi connectivity index (χ3n) is 3.36. The summed E-state index contributed by atoms with van der Waals surface area (Å²) in [6, 6.07) is 9.71. The maximum absolute atomic E-state index is 12.6. The lowest BCUT2D eigenvalue weighted by Gasteiger charge is -2.17. The first-order chi connectivity index (χ1) is 13.1. The van der Waals surface area contributed by atoms with Gasteiger partial charge < -0.3 is 14.8 Å². The van der Waals surface area contributed by atoms with Crippen molar-refractivity contribution < 1.29 is 24.0 Å². The summed E-state index contributed by atoms with van der Waals surface area (Å²) >= 11 is 6.00. The minimum Gasteiger partial charge on any atom is -0.433 e. The third kappa shape index (κ3) is 5.95. The first-order valence-corrected chi connectivity index (χ1v) is 8.63. The summed E-state index contributed by atoms with van der Waals surface area (Å²) < 4.78 is 10.2. The van der Waals surface area contributed by atoms with Crippen LogP contribution in [0.1, 0.15) is 31.1 Å². The summed E-state index contributed by atoms with van der Waals surface area (Å²) in [7, 11) is 0. The lowest BCUT2D eigenvalue weighted by atomic mass is 9.99. The number of rotatable bonds is 5. The quantitative estimate of drug-likeness (QED) is 0.321. The molecule has 9 heteroatoms. The predicted molar refractivity (Wildman–Crippen MR) is 104 cm³/mol. The number of halogens is 1. The molecular weight excluding hydrogens is 388 g/mol. The van der Waals surface area contributed by atoms with Gasteiger partial charge in [0.2, 0.25) is 0 Å². The van der Waals surface area contributed by atoms with E-state index in [0.717, 1.165) is 6.07 Å². The van der Waals surface area contributed by atoms with Crippen LogP contribution in [0.25, 0.3) is 0 Å². The standard InChI is InChI=1S/C19H19ClN2O6/c1-19(2,3)11-27-18(24)28-16-7-5-4-6-13(16)17(23)21-15-10-12(22(25)26)8-9-14(15)20/h4-10H,11H2,1-3H3,(H,21,23). The van der Waals surface area contributed by atoms with Gasteiger partial charge in [-0.05, 0) is 23.6 Å². The van der Waals surface area contributed by atoms with Gasteiger partial charge in [-0.2, -0.15) is 0 Å². The van der Waals surface area contributed by atoms with E-state index in [2.05, 4.69) is 5.32 Å². The van der Waals surface area contributed by atoms with Crippen LogP contribution in [0.15, 0.2) is 42.5 Å². The van der Waals surface area contributed by atoms with Gasteiger partial charge in [0.05, 0.1) is 27.8 Å². The van der Waals surface area contributed by atoms with Crippen LogP contribution in [0.4, 0.5) is 16.2 Å². The molecule has 28 heavy (non-hydrogen) atoms. The number of hydrogen-bond donors (Lipinski definition) is 1. The highest BCUT2D eigenvalue weighted by Crippen LogP contribution is 2.28. The molecule has 2 aromatic carbocycles. The number of nitrogens with one attached hydrogen (secondary N) is 1. The van der Waals surface area contributed by atoms with Gasteiger partial charge in [-0.15, -0.1) is 0 Å². The second-order valence-electron chi connectivity index (χ2n) is 7.07. The molecule has 0 unspecified atom stereocenters. The number of nitrogens with zero attached hydrogens (tertiary/aromatic N) is 1. The van der Waals surface area contributed by atoms with Crippen molar-refractivity contribution in [2.45, 2.75) is 20.8 Å². The van der Waals surface area contributed by atoms with Crippen molar-refractivity contribution in [2.24, 2.45) is 5.41 Å². The van der Waals surface area contributed by atoms with E-state index >= 15 is 0 Å². The number of non-ortho nitro benzene ring substituents is 1. The number of hydrogen-bond acceptors (Lipinski definition) is 6. The Morgan fingerprint density at radius 3 is 2.50 bits per heavy atom. The van der Waals surface area contributed by atoms with Gasteiger partial charge >= 0.3 is 6.16 Å². The Bertz CT molecular complexity index is 908. The molecule has 2 aromatic rings. The molecule has 0 radical (unpaired) electrons. The SMILES string of the molecule is CC(C)(C)COC(=O)Oc1ccccc1C(=O)Nc1cc([N+](=O)[O-])ccc1Cl. The Balaban J connectivity index is 2.18. The maximum atomic E-state index is 12.6. The molecule has 0 aliphatic rings. The number of nitro groups is 1. The smallest absolute Gasteiger partial charge is 0.433 e. The summed E-state index contributed by atoms with van der Waals surface area (Å²) in [5, 5.41) is 13.5. The van der Waals surface area contributed by atoms with Gasteiger partial charge in [-0.3, -0.25) is 14.9 Å². The molecule has 0 bridgehead atoms. The van der Waals surface area contributed by atoms with Crippen LogP contribution in [0, 0.1) is 15.5 Å². The summed E-state index contributed by atoms with van der Waals surface area (Å²) in [5.41, 5.74) is -0.368. The van der Waals surface area contributed by atoms with Crippen LogP contribution in [0.3, 0.4) is 0 Å². The molecule has 0 aliphatic carbocycles. The molecule has 1 N–H and O–H groups in total. The molecule has 0 heterocycles. The van der Waals surface area contributed by atoms with E-state index in [9.17, 15) is 19.7 Å². The van der Waals surface area contributed by atoms with Gasteiger partial charge in [0.1, 0.15) is 5.75 Å². The fourth-order valence-corrected chi connectivity index (χ4v) is 2.21. The average molecular weight is 407 g/mol. The van der Waals surface area contributed by atoms with Gasteiger partial charge in [0.25, 0.3) is 11.6 Å². The summed E-state index contributed by atoms with van der Waals surface area (Å²) in [4.78, 5) is 34.8. The van der Waals surface area contributed by atoms with Crippen molar-refractivity contribution in [3.63, 3.8) is 0 Å². The maximum Gasteiger partial charge on any atom is 0.513 e. The second kappa shape index (κ2) is 8.71. The molecule has 2 rings (SSSR count). The Morgan fingerprint density at radius 2 is 1.86 bits per heavy atom. The molecular formula is C19H19ClN2O6. The number of anilines is 1. The molecule has 0 spiro atoms. The molecule has 0 saturated carbocycles. The second-order valence-corrected chi connectivity index (χ2v) is 7.48. The van der Waals surface area contributed by atoms with Crippen LogP contribution >= 0.6 is 11.6 Å². The van der Waals surface area contributed by atoms with E-state index in [1.807, 2.05) is 20.8 Å². The van der Waals surface area contributed by atoms with E-state index in [1.54, 1.807) is 12.1 Å². The third-order valence-corrected chi connectivity index (χ3v) is 3.69. The van der Waals surface area contributed by atoms with Crippen molar-refractivity contribution in [3.05, 3.63) is 63.2 Å². The van der Waals surface area contributed by atoms with Crippen LogP contribution in [-0.4, -0.2) is 23.6 Å². The molecule has 1 amide bonds. The van der Waals surface area contributed by atoms with E-state index in [4.69, 9.17) is 21.1 Å². The van der Waals surface area contributed by atoms with Gasteiger partial charge in [0.15, 0.2) is 0 Å². The highest BCUT2D eigenvalue weighted by molar-refractivity contribution is 6.34. The fourth-order valence-electron chi connectivity index (χ4n) is 2.05. The highest BCUT2D eigenvalue weighted by Gasteiger charge is 2.20. The fraction of sp³-hybridized carbons (Fsp3) is 0.263. The van der Waals surface area contributed by atoms with Crippen molar-refractivity contribution in [1.82, 2.24) is 0 Å². The number of ether oxygens (including phenoxy) is 2. The van der Waals surface area contributed by atoms with E-state index in [1.165, 1.54) is 24.3 Å². The van der Waals surface area contributed by atoms with Gasteiger partial charge in [-0.25, -0.2) is 4.79 Å². The molecule has 0 fully saturated rings. The number of nitro benzene ring substituents is 1. The number of carbonyl (C=O) groups excluding carboxylic acids is 2. The highest BCUT2D eigenvalue weighted by atomic mass is 35.5. The summed E-state index contributed by atoms with van der Waals surface area (Å²) in [6.45, 7) is 5.82. The lowest BCUT2D eigenvalue weighted by molar-refractivity contribution is -0.384. The Labute approximate surface area is 166 Å². The largest absolute Gasteiger partial charge is 0.513 e. The Kier molecular flexibility index (Phi) is 6.58. The zero-order valence-corrected chi connectivity index (χ0v) is 16.3. The molecule has 8 nitrogen and oxygen atoms in total. The topological polar surface area (TPSA) is 108 Å². The van der Waals surface area contributed by atoms with Crippen molar-refractivity contribution in [2.75, 3.05) is 11.9 Å². The molecule has 0 aliphatic heterocycles. The Morgan fingerprint density at radius 1 is 1.18 bits per heavy atom. The van der Waals surface area contributed by atoms with E-state index in [-0.39, 0.29) is 39.7 Å². The molecule has 0 saturated heterocycles. The number of amides is 1. The van der Waals surface area contributed by atoms with Crippen LogP contribution in [0.2, 0.25) is 5.02 Å². The summed E-state index contributed by atoms with van der Waals surface area (Å²) in [6.07, 6.45) is -0.941. The molecule has 0 aromatic heterocycles. The van der Waals surface area contributed by atoms with E-state index in [0.29, 0.717) is 0 Å². The minimum absolute atomic E-state index is 0.0135. The normalized spacial score (nSPS) is 10.9. The van der Waals surface area contributed by atoms with Crippen molar-refractivity contribution in [3.8, 4) is 5.75 Å². The van der Waals surface area contributed by atoms with Gasteiger partial charge in [0, 0.05) is 12.1 Å². The summed E-state index contributed by atoms with van der Waals surface area (Å²) in [5.74, 6) is -0.665. The average Bonchev–Trinajstić information content (AvgIpc) is 2.61. The zero-order valence-electron chi connectivity index (χ0n) is 15.5. The monoisotopic (exact) mass is 406 g/mol. The minimum atomic E-state index is -0.941. The number of benzene rings is 2. The van der Waals surface area contributed by atoms with Gasteiger partial charge in [-0.1, -0.05) is 44.5 Å². The first-order valence-electron chi connectivity index (χ1n) is 8.26. The predicted octanol–water partition coefficient (Wildman–Crippen LogP) is 5.06.